The molecular weight excluding hydrogens is 418 g/mol. The minimum Gasteiger partial charge on any atom is -0.379 e. The molecule has 3 aromatic rings. The average Bonchev–Trinajstić information content (AvgIpc) is 3.51. The second kappa shape index (κ2) is 8.01. The Kier molecular flexibility index (Phi) is 5.16. The molecule has 168 valence electrons. The van der Waals surface area contributed by atoms with Gasteiger partial charge in [-0.15, -0.1) is 0 Å². The molecule has 0 aliphatic carbocycles. The number of halogens is 2. The van der Waals surface area contributed by atoms with Crippen LogP contribution >= 0.6 is 0 Å². The molecular formula is C22H24F2N6O2. The Labute approximate surface area is 183 Å². The lowest BCUT2D eigenvalue weighted by atomic mass is 10.1. The van der Waals surface area contributed by atoms with Crippen LogP contribution in [0.25, 0.3) is 11.1 Å². The van der Waals surface area contributed by atoms with Gasteiger partial charge in [0, 0.05) is 73.9 Å². The molecule has 2 aromatic heterocycles. The fourth-order valence-corrected chi connectivity index (χ4v) is 4.40. The molecule has 1 aromatic carbocycles. The zero-order valence-electron chi connectivity index (χ0n) is 17.9. The molecule has 0 radical (unpaired) electrons. The number of hydrogen-bond donors (Lipinski definition) is 1. The largest absolute Gasteiger partial charge is 0.379 e. The number of rotatable bonds is 4. The third-order valence-electron chi connectivity index (χ3n) is 6.09. The van der Waals surface area contributed by atoms with Gasteiger partial charge < -0.3 is 15.0 Å². The van der Waals surface area contributed by atoms with Crippen LogP contribution in [0.4, 0.5) is 20.3 Å². The number of nitrogens with zero attached hydrogens (tertiary/aromatic N) is 5. The highest BCUT2D eigenvalue weighted by molar-refractivity contribution is 5.75. The fourth-order valence-electron chi connectivity index (χ4n) is 4.40. The first-order chi connectivity index (χ1) is 15.4. The van der Waals surface area contributed by atoms with Gasteiger partial charge in [-0.3, -0.25) is 14.2 Å². The van der Waals surface area contributed by atoms with Crippen molar-refractivity contribution in [2.75, 3.05) is 25.1 Å². The first kappa shape index (κ1) is 20.6. The van der Waals surface area contributed by atoms with Crippen molar-refractivity contribution >= 4 is 17.4 Å². The Bertz CT molecular complexity index is 1180. The maximum absolute atomic E-state index is 14.5. The van der Waals surface area contributed by atoms with Crippen molar-refractivity contribution in [3.63, 3.8) is 0 Å². The van der Waals surface area contributed by atoms with Crippen molar-refractivity contribution in [2.45, 2.75) is 32.4 Å². The lowest BCUT2D eigenvalue weighted by Gasteiger charge is -2.27. The Balaban J connectivity index is 1.54. The third-order valence-corrected chi connectivity index (χ3v) is 6.09. The van der Waals surface area contributed by atoms with Gasteiger partial charge in [-0.05, 0) is 12.5 Å². The lowest BCUT2D eigenvalue weighted by molar-refractivity contribution is -0.129. The minimum absolute atomic E-state index is 0.00904. The van der Waals surface area contributed by atoms with Gasteiger partial charge in [-0.1, -0.05) is 0 Å². The van der Waals surface area contributed by atoms with E-state index in [4.69, 9.17) is 9.84 Å². The molecule has 1 atom stereocenters. The highest BCUT2D eigenvalue weighted by Gasteiger charge is 2.30. The van der Waals surface area contributed by atoms with E-state index < -0.39 is 11.6 Å². The van der Waals surface area contributed by atoms with Crippen molar-refractivity contribution < 1.29 is 18.3 Å². The highest BCUT2D eigenvalue weighted by atomic mass is 19.2. The van der Waals surface area contributed by atoms with Gasteiger partial charge in [-0.2, -0.15) is 10.2 Å². The maximum Gasteiger partial charge on any atom is 0.219 e. The summed E-state index contributed by atoms with van der Waals surface area (Å²) in [5, 5.41) is 12.0. The van der Waals surface area contributed by atoms with Crippen molar-refractivity contribution in [3.8, 4) is 11.1 Å². The predicted molar refractivity (Wildman–Crippen MR) is 113 cm³/mol. The normalized spacial score (nSPS) is 18.1. The van der Waals surface area contributed by atoms with Gasteiger partial charge in [0.2, 0.25) is 5.91 Å². The lowest BCUT2D eigenvalue weighted by Crippen LogP contribution is -2.35. The van der Waals surface area contributed by atoms with Crippen LogP contribution in [0.5, 0.6) is 0 Å². The summed E-state index contributed by atoms with van der Waals surface area (Å²) in [6, 6.07) is 2.79. The van der Waals surface area contributed by atoms with Crippen LogP contribution in [0.3, 0.4) is 0 Å². The van der Waals surface area contributed by atoms with Crippen molar-refractivity contribution in [1.82, 2.24) is 24.5 Å². The number of benzene rings is 1. The van der Waals surface area contributed by atoms with Gasteiger partial charge >= 0.3 is 0 Å². The van der Waals surface area contributed by atoms with Crippen LogP contribution in [-0.4, -0.2) is 50.1 Å². The van der Waals surface area contributed by atoms with Gasteiger partial charge in [0.25, 0.3) is 0 Å². The molecule has 0 spiro atoms. The molecule has 1 saturated heterocycles. The number of fused-ring (bicyclic) bond motifs is 1. The topological polar surface area (TPSA) is 77.2 Å². The second-order valence-corrected chi connectivity index (χ2v) is 8.27. The monoisotopic (exact) mass is 442 g/mol. The van der Waals surface area contributed by atoms with Crippen LogP contribution in [-0.2, 0) is 29.5 Å². The molecule has 5 rings (SSSR count). The number of aromatic nitrogens is 4. The molecule has 2 aliphatic heterocycles. The number of carbonyl (C=O) groups is 1. The van der Waals surface area contributed by atoms with E-state index in [2.05, 4.69) is 10.4 Å². The van der Waals surface area contributed by atoms with E-state index in [1.54, 1.807) is 31.1 Å². The number of amides is 1. The average molecular weight is 442 g/mol. The molecule has 1 unspecified atom stereocenters. The third kappa shape index (κ3) is 3.64. The van der Waals surface area contributed by atoms with Gasteiger partial charge in [-0.25, -0.2) is 8.78 Å². The van der Waals surface area contributed by atoms with Crippen molar-refractivity contribution in [1.29, 1.82) is 0 Å². The Morgan fingerprint density at radius 3 is 2.84 bits per heavy atom. The Morgan fingerprint density at radius 2 is 2.16 bits per heavy atom. The summed E-state index contributed by atoms with van der Waals surface area (Å²) in [4.78, 5) is 13.7. The van der Waals surface area contributed by atoms with E-state index in [1.165, 1.54) is 10.9 Å². The summed E-state index contributed by atoms with van der Waals surface area (Å²) in [6.45, 7) is 3.85. The zero-order valence-corrected chi connectivity index (χ0v) is 17.9. The SMILES string of the molecule is CC(=O)N1CCc2c(c(Nc3cc(F)c(F)c(-c4cnn(C)c4)c3)nn2C2CCOC2)C1. The number of aryl methyl sites for hydroxylation is 1. The molecule has 1 N–H and O–H groups in total. The molecule has 0 bridgehead atoms. The highest BCUT2D eigenvalue weighted by Crippen LogP contribution is 2.34. The van der Waals surface area contributed by atoms with E-state index in [0.717, 1.165) is 23.7 Å². The quantitative estimate of drug-likeness (QED) is 0.672. The summed E-state index contributed by atoms with van der Waals surface area (Å²) in [5.41, 5.74) is 2.91. The van der Waals surface area contributed by atoms with Gasteiger partial charge in [0.1, 0.15) is 0 Å². The van der Waals surface area contributed by atoms with E-state index in [1.807, 2.05) is 4.68 Å². The molecule has 8 nitrogen and oxygen atoms in total. The zero-order chi connectivity index (χ0) is 22.4. The van der Waals surface area contributed by atoms with Crippen LogP contribution in [0.15, 0.2) is 24.5 Å². The molecule has 4 heterocycles. The number of anilines is 2. The van der Waals surface area contributed by atoms with E-state index in [0.29, 0.717) is 49.8 Å². The maximum atomic E-state index is 14.5. The summed E-state index contributed by atoms with van der Waals surface area (Å²) in [7, 11) is 1.71. The standard InChI is InChI=1S/C22H24F2N6O2/c1-13(31)29-5-3-20-18(11-29)22(27-30(20)16-4-6-32-12-16)26-15-7-17(21(24)19(23)8-15)14-9-25-28(2)10-14/h7-10,16H,3-6,11-12H2,1-2H3,(H,26,27). The van der Waals surface area contributed by atoms with Gasteiger partial charge in [0.15, 0.2) is 17.5 Å². The summed E-state index contributed by atoms with van der Waals surface area (Å²) >= 11 is 0. The number of ether oxygens (including phenoxy) is 1. The smallest absolute Gasteiger partial charge is 0.219 e. The van der Waals surface area contributed by atoms with Crippen molar-refractivity contribution in [3.05, 3.63) is 47.4 Å². The van der Waals surface area contributed by atoms with Crippen LogP contribution < -0.4 is 5.32 Å². The number of carbonyl (C=O) groups excluding carboxylic acids is 1. The number of hydrogen-bond acceptors (Lipinski definition) is 5. The first-order valence-electron chi connectivity index (χ1n) is 10.6. The molecule has 1 fully saturated rings. The summed E-state index contributed by atoms with van der Waals surface area (Å²) in [6.07, 6.45) is 4.66. The molecule has 0 saturated carbocycles. The van der Waals surface area contributed by atoms with Crippen molar-refractivity contribution in [2.24, 2.45) is 7.05 Å². The Hall–Kier alpha value is -3.27. The molecule has 10 heteroatoms. The van der Waals surface area contributed by atoms with Gasteiger partial charge in [0.05, 0.1) is 25.4 Å². The van der Waals surface area contributed by atoms with E-state index >= 15 is 0 Å². The minimum atomic E-state index is -0.961. The van der Waals surface area contributed by atoms with Crippen LogP contribution in [0, 0.1) is 11.6 Å². The van der Waals surface area contributed by atoms with E-state index in [-0.39, 0.29) is 17.5 Å². The second-order valence-electron chi connectivity index (χ2n) is 8.27. The molecule has 2 aliphatic rings. The fraction of sp³-hybridized carbons (Fsp3) is 0.409. The van der Waals surface area contributed by atoms with Crippen LogP contribution in [0.1, 0.15) is 30.6 Å². The first-order valence-corrected chi connectivity index (χ1v) is 10.6. The Morgan fingerprint density at radius 1 is 1.31 bits per heavy atom. The predicted octanol–water partition coefficient (Wildman–Crippen LogP) is 3.17. The molecule has 32 heavy (non-hydrogen) atoms. The summed E-state index contributed by atoms with van der Waals surface area (Å²) in [5.74, 6) is -1.36. The van der Waals surface area contributed by atoms with E-state index in [9.17, 15) is 13.6 Å². The summed E-state index contributed by atoms with van der Waals surface area (Å²) < 4.78 is 38.0. The van der Waals surface area contributed by atoms with Crippen LogP contribution in [0.2, 0.25) is 0 Å². The molecule has 1 amide bonds. The number of nitrogens with one attached hydrogen (secondary N) is 1.